The minimum absolute atomic E-state index is 0.0575. The van der Waals surface area contributed by atoms with E-state index in [-0.39, 0.29) is 11.1 Å². The van der Waals surface area contributed by atoms with Crippen LogP contribution in [0.2, 0.25) is 0 Å². The summed E-state index contributed by atoms with van der Waals surface area (Å²) >= 11 is 0. The molecule has 0 radical (unpaired) electrons. The van der Waals surface area contributed by atoms with Crippen molar-refractivity contribution in [1.82, 2.24) is 25.0 Å². The van der Waals surface area contributed by atoms with E-state index in [1.54, 1.807) is 24.4 Å². The number of pyridine rings is 1. The Balaban J connectivity index is 1.82. The third-order valence-electron chi connectivity index (χ3n) is 4.77. The smallest absolute Gasteiger partial charge is 0.280 e. The first kappa shape index (κ1) is 20.8. The lowest BCUT2D eigenvalue weighted by Crippen LogP contribution is -2.15. The maximum absolute atomic E-state index is 13.4. The van der Waals surface area contributed by atoms with Gasteiger partial charge in [0.05, 0.1) is 24.5 Å². The molecule has 0 aliphatic carbocycles. The topological polar surface area (TPSA) is 65.7 Å². The van der Waals surface area contributed by atoms with Crippen LogP contribution in [0.1, 0.15) is 32.9 Å². The van der Waals surface area contributed by atoms with Crippen molar-refractivity contribution in [3.63, 3.8) is 0 Å². The molecule has 0 saturated carbocycles. The lowest BCUT2D eigenvalue weighted by molar-refractivity contribution is 0.146. The van der Waals surface area contributed by atoms with Crippen molar-refractivity contribution in [3.8, 4) is 28.3 Å². The Bertz CT molecular complexity index is 1230. The van der Waals surface area contributed by atoms with Gasteiger partial charge in [0.25, 0.3) is 6.43 Å². The SMILES string of the molecule is COc1cc2ccc(-c3nc(C(F)F)ccc3-c3cnn(CC(C)(C)C)c3)cc2nn1. The highest BCUT2D eigenvalue weighted by Crippen LogP contribution is 2.34. The molecule has 0 aliphatic rings. The van der Waals surface area contributed by atoms with E-state index in [4.69, 9.17) is 4.74 Å². The van der Waals surface area contributed by atoms with Crippen LogP contribution < -0.4 is 4.74 Å². The third kappa shape index (κ3) is 4.52. The van der Waals surface area contributed by atoms with Crippen LogP contribution in [0, 0.1) is 5.41 Å². The zero-order chi connectivity index (χ0) is 22.2. The number of nitrogens with zero attached hydrogens (tertiary/aromatic N) is 5. The zero-order valence-corrected chi connectivity index (χ0v) is 17.8. The van der Waals surface area contributed by atoms with Crippen molar-refractivity contribution in [3.05, 3.63) is 54.5 Å². The lowest BCUT2D eigenvalue weighted by Gasteiger charge is -2.17. The summed E-state index contributed by atoms with van der Waals surface area (Å²) in [5, 5.41) is 13.5. The number of hydrogen-bond donors (Lipinski definition) is 0. The van der Waals surface area contributed by atoms with Crippen molar-refractivity contribution >= 4 is 10.9 Å². The molecule has 0 aliphatic heterocycles. The molecule has 6 nitrogen and oxygen atoms in total. The van der Waals surface area contributed by atoms with Gasteiger partial charge in [-0.2, -0.15) is 5.10 Å². The molecule has 0 saturated heterocycles. The van der Waals surface area contributed by atoms with E-state index < -0.39 is 6.43 Å². The largest absolute Gasteiger partial charge is 0.480 e. The molecule has 31 heavy (non-hydrogen) atoms. The van der Waals surface area contributed by atoms with Crippen molar-refractivity contribution < 1.29 is 13.5 Å². The van der Waals surface area contributed by atoms with Gasteiger partial charge in [-0.15, -0.1) is 10.2 Å². The van der Waals surface area contributed by atoms with Gasteiger partial charge >= 0.3 is 0 Å². The first-order valence-electron chi connectivity index (χ1n) is 9.87. The fraction of sp³-hybridized carbons (Fsp3) is 0.304. The van der Waals surface area contributed by atoms with Crippen LogP contribution in [0.25, 0.3) is 33.3 Å². The number of hydrogen-bond acceptors (Lipinski definition) is 5. The van der Waals surface area contributed by atoms with Gasteiger partial charge in [-0.25, -0.2) is 13.8 Å². The number of ether oxygens (including phenoxy) is 1. The molecule has 8 heteroatoms. The Morgan fingerprint density at radius 2 is 1.84 bits per heavy atom. The predicted octanol–water partition coefficient (Wildman–Crippen LogP) is 5.55. The molecule has 0 fully saturated rings. The maximum Gasteiger partial charge on any atom is 0.280 e. The minimum Gasteiger partial charge on any atom is -0.480 e. The van der Waals surface area contributed by atoms with E-state index in [1.807, 2.05) is 23.0 Å². The van der Waals surface area contributed by atoms with Gasteiger partial charge in [0.1, 0.15) is 5.69 Å². The van der Waals surface area contributed by atoms with Crippen LogP contribution in [0.4, 0.5) is 8.78 Å². The monoisotopic (exact) mass is 423 g/mol. The number of methoxy groups -OCH3 is 1. The summed E-state index contributed by atoms with van der Waals surface area (Å²) in [6.45, 7) is 7.12. The molecule has 3 aromatic heterocycles. The van der Waals surface area contributed by atoms with Gasteiger partial charge in [-0.3, -0.25) is 4.68 Å². The van der Waals surface area contributed by atoms with Gasteiger partial charge < -0.3 is 4.74 Å². The predicted molar refractivity (Wildman–Crippen MR) is 115 cm³/mol. The first-order chi connectivity index (χ1) is 14.7. The van der Waals surface area contributed by atoms with Crippen LogP contribution in [0.5, 0.6) is 5.88 Å². The summed E-state index contributed by atoms with van der Waals surface area (Å²) in [5.74, 6) is 0.407. The van der Waals surface area contributed by atoms with E-state index in [2.05, 4.69) is 41.1 Å². The highest BCUT2D eigenvalue weighted by molar-refractivity contribution is 5.88. The molecule has 0 amide bonds. The number of fused-ring (bicyclic) bond motifs is 1. The second-order valence-corrected chi connectivity index (χ2v) is 8.58. The molecular formula is C23H23F2N5O. The molecule has 3 heterocycles. The standard InChI is InChI=1S/C23H23F2N5O/c1-23(2,3)13-30-12-16(11-26-30)17-7-8-18(22(24)25)27-21(17)15-6-5-14-10-20(31-4)29-28-19(14)9-15/h5-12,22H,13H2,1-4H3. The Kier molecular flexibility index (Phi) is 5.39. The molecular weight excluding hydrogens is 400 g/mol. The third-order valence-corrected chi connectivity index (χ3v) is 4.77. The molecule has 4 aromatic rings. The highest BCUT2D eigenvalue weighted by Gasteiger charge is 2.18. The number of halogens is 2. The van der Waals surface area contributed by atoms with Crippen LogP contribution in [-0.4, -0.2) is 32.1 Å². The Labute approximate surface area is 178 Å². The molecule has 0 atom stereocenters. The Morgan fingerprint density at radius 1 is 1.03 bits per heavy atom. The zero-order valence-electron chi connectivity index (χ0n) is 17.8. The summed E-state index contributed by atoms with van der Waals surface area (Å²) in [6.07, 6.45) is 0.987. The number of aromatic nitrogens is 5. The average molecular weight is 423 g/mol. The van der Waals surface area contributed by atoms with Gasteiger partial charge in [-0.1, -0.05) is 39.0 Å². The van der Waals surface area contributed by atoms with Gasteiger partial charge in [-0.05, 0) is 17.5 Å². The van der Waals surface area contributed by atoms with Crippen LogP contribution in [0.3, 0.4) is 0 Å². The van der Waals surface area contributed by atoms with Crippen molar-refractivity contribution in [2.45, 2.75) is 33.7 Å². The normalized spacial score (nSPS) is 12.0. The first-order valence-corrected chi connectivity index (χ1v) is 9.87. The number of rotatable bonds is 5. The maximum atomic E-state index is 13.4. The minimum atomic E-state index is -2.67. The van der Waals surface area contributed by atoms with E-state index in [9.17, 15) is 8.78 Å². The van der Waals surface area contributed by atoms with Crippen molar-refractivity contribution in [2.75, 3.05) is 7.11 Å². The molecule has 160 valence electrons. The van der Waals surface area contributed by atoms with E-state index in [0.717, 1.165) is 23.1 Å². The van der Waals surface area contributed by atoms with Crippen molar-refractivity contribution in [1.29, 1.82) is 0 Å². The summed E-state index contributed by atoms with van der Waals surface area (Å²) in [7, 11) is 1.52. The van der Waals surface area contributed by atoms with Crippen LogP contribution in [0.15, 0.2) is 48.8 Å². The number of alkyl halides is 2. The molecule has 0 N–H and O–H groups in total. The summed E-state index contributed by atoms with van der Waals surface area (Å²) in [6, 6.07) is 10.3. The van der Waals surface area contributed by atoms with Gasteiger partial charge in [0, 0.05) is 40.9 Å². The summed E-state index contributed by atoms with van der Waals surface area (Å²) in [4.78, 5) is 4.28. The van der Waals surface area contributed by atoms with Crippen LogP contribution in [-0.2, 0) is 6.54 Å². The van der Waals surface area contributed by atoms with Gasteiger partial charge in [0.2, 0.25) is 5.88 Å². The lowest BCUT2D eigenvalue weighted by atomic mass is 9.97. The van der Waals surface area contributed by atoms with E-state index in [1.165, 1.54) is 13.2 Å². The molecule has 4 rings (SSSR count). The fourth-order valence-corrected chi connectivity index (χ4v) is 3.39. The van der Waals surface area contributed by atoms with E-state index >= 15 is 0 Å². The summed E-state index contributed by atoms with van der Waals surface area (Å²) < 4.78 is 33.8. The van der Waals surface area contributed by atoms with E-state index in [0.29, 0.717) is 22.7 Å². The molecule has 0 bridgehead atoms. The summed E-state index contributed by atoms with van der Waals surface area (Å²) in [5.41, 5.74) is 3.07. The fourth-order valence-electron chi connectivity index (χ4n) is 3.39. The van der Waals surface area contributed by atoms with Crippen molar-refractivity contribution in [2.24, 2.45) is 5.41 Å². The average Bonchev–Trinajstić information content (AvgIpc) is 3.18. The molecule has 0 spiro atoms. The second kappa shape index (κ2) is 8.02. The quantitative estimate of drug-likeness (QED) is 0.421. The van der Waals surface area contributed by atoms with Gasteiger partial charge in [0.15, 0.2) is 0 Å². The Hall–Kier alpha value is -3.42. The van der Waals surface area contributed by atoms with Crippen LogP contribution >= 0.6 is 0 Å². The molecule has 0 unspecified atom stereocenters. The molecule has 1 aromatic carbocycles. The highest BCUT2D eigenvalue weighted by atomic mass is 19.3. The number of benzene rings is 1. The Morgan fingerprint density at radius 3 is 2.55 bits per heavy atom. The second-order valence-electron chi connectivity index (χ2n) is 8.58.